The fourth-order valence-corrected chi connectivity index (χ4v) is 2.47. The summed E-state index contributed by atoms with van der Waals surface area (Å²) in [6.45, 7) is 0.254. The normalized spacial score (nSPS) is 10.4. The highest BCUT2D eigenvalue weighted by atomic mass is 35.5. The zero-order chi connectivity index (χ0) is 18.8. The Morgan fingerprint density at radius 3 is 1.58 bits per heavy atom. The molecule has 2 heterocycles. The van der Waals surface area contributed by atoms with Crippen molar-refractivity contribution in [3.8, 4) is 0 Å². The van der Waals surface area contributed by atoms with E-state index in [9.17, 15) is 9.59 Å². The minimum atomic E-state index is -0.330. The first-order valence-electron chi connectivity index (χ1n) is 8.03. The maximum Gasteiger partial charge on any atom is 0.306 e. The lowest BCUT2D eigenvalue weighted by Crippen LogP contribution is -2.07. The van der Waals surface area contributed by atoms with Gasteiger partial charge < -0.3 is 9.47 Å². The van der Waals surface area contributed by atoms with Crippen molar-refractivity contribution in [3.05, 3.63) is 58.1 Å². The van der Waals surface area contributed by atoms with Crippen LogP contribution < -0.4 is 0 Å². The van der Waals surface area contributed by atoms with Crippen molar-refractivity contribution in [2.75, 3.05) is 0 Å². The van der Waals surface area contributed by atoms with Crippen molar-refractivity contribution in [1.29, 1.82) is 0 Å². The number of rotatable bonds is 9. The largest absolute Gasteiger partial charge is 0.461 e. The topological polar surface area (TPSA) is 78.4 Å². The van der Waals surface area contributed by atoms with E-state index in [1.807, 2.05) is 0 Å². The van der Waals surface area contributed by atoms with Gasteiger partial charge in [-0.3, -0.25) is 19.6 Å². The Hall–Kier alpha value is -2.18. The molecule has 0 unspecified atom stereocenters. The monoisotopic (exact) mass is 396 g/mol. The van der Waals surface area contributed by atoms with E-state index in [0.717, 1.165) is 11.1 Å². The van der Waals surface area contributed by atoms with Crippen LogP contribution in [-0.2, 0) is 32.3 Å². The molecule has 8 heteroatoms. The van der Waals surface area contributed by atoms with E-state index < -0.39 is 0 Å². The number of aromatic nitrogens is 2. The molecule has 0 aliphatic carbocycles. The van der Waals surface area contributed by atoms with Crippen LogP contribution in [0.15, 0.2) is 36.9 Å². The zero-order valence-electron chi connectivity index (χ0n) is 14.0. The van der Waals surface area contributed by atoms with Crippen molar-refractivity contribution in [1.82, 2.24) is 9.97 Å². The highest BCUT2D eigenvalue weighted by Gasteiger charge is 2.07. The SMILES string of the molecule is O=C(CCCCC(=O)OCc1cncc(Cl)c1)OCc1cncc(Cl)c1. The number of nitrogens with zero attached hydrogens (tertiary/aromatic N) is 2. The number of hydrogen-bond donors (Lipinski definition) is 0. The number of esters is 2. The third-order valence-corrected chi connectivity index (χ3v) is 3.75. The van der Waals surface area contributed by atoms with E-state index in [1.54, 1.807) is 24.5 Å². The molecule has 0 N–H and O–H groups in total. The zero-order valence-corrected chi connectivity index (χ0v) is 15.5. The first-order chi connectivity index (χ1) is 12.5. The van der Waals surface area contributed by atoms with Crippen LogP contribution >= 0.6 is 23.2 Å². The summed E-state index contributed by atoms with van der Waals surface area (Å²) in [6, 6.07) is 3.38. The van der Waals surface area contributed by atoms with Gasteiger partial charge in [0.2, 0.25) is 0 Å². The van der Waals surface area contributed by atoms with Crippen molar-refractivity contribution in [3.63, 3.8) is 0 Å². The van der Waals surface area contributed by atoms with Gasteiger partial charge in [-0.15, -0.1) is 0 Å². The van der Waals surface area contributed by atoms with Gasteiger partial charge in [0.25, 0.3) is 0 Å². The minimum absolute atomic E-state index is 0.127. The number of hydrogen-bond acceptors (Lipinski definition) is 6. The molecule has 0 radical (unpaired) electrons. The smallest absolute Gasteiger partial charge is 0.306 e. The standard InChI is InChI=1S/C18H18Cl2N2O4/c19-15-5-13(7-21-9-15)11-25-17(23)3-1-2-4-18(24)26-12-14-6-16(20)10-22-8-14/h5-10H,1-4,11-12H2. The Morgan fingerprint density at radius 1 is 0.769 bits per heavy atom. The lowest BCUT2D eigenvalue weighted by Gasteiger charge is -2.06. The molecule has 0 saturated carbocycles. The van der Waals surface area contributed by atoms with Crippen LogP contribution in [0.3, 0.4) is 0 Å². The molecule has 0 aliphatic rings. The molecule has 6 nitrogen and oxygen atoms in total. The maximum absolute atomic E-state index is 11.7. The molecule has 26 heavy (non-hydrogen) atoms. The molecular weight excluding hydrogens is 379 g/mol. The van der Waals surface area contributed by atoms with Crippen LogP contribution in [0.25, 0.3) is 0 Å². The van der Waals surface area contributed by atoms with Gasteiger partial charge in [-0.25, -0.2) is 0 Å². The van der Waals surface area contributed by atoms with Gasteiger partial charge in [-0.2, -0.15) is 0 Å². The summed E-state index contributed by atoms with van der Waals surface area (Å²) in [5.74, 6) is -0.660. The first-order valence-corrected chi connectivity index (χ1v) is 8.78. The minimum Gasteiger partial charge on any atom is -0.461 e. The van der Waals surface area contributed by atoms with Crippen LogP contribution in [0, 0.1) is 0 Å². The van der Waals surface area contributed by atoms with E-state index >= 15 is 0 Å². The van der Waals surface area contributed by atoms with E-state index in [1.165, 1.54) is 12.4 Å². The lowest BCUT2D eigenvalue weighted by atomic mass is 10.2. The second kappa shape index (κ2) is 10.7. The average Bonchev–Trinajstić information content (AvgIpc) is 2.62. The predicted molar refractivity (Wildman–Crippen MR) is 96.6 cm³/mol. The van der Waals surface area contributed by atoms with E-state index in [-0.39, 0.29) is 38.0 Å². The van der Waals surface area contributed by atoms with Crippen LogP contribution in [-0.4, -0.2) is 21.9 Å². The van der Waals surface area contributed by atoms with Crippen LogP contribution in [0.1, 0.15) is 36.8 Å². The molecule has 2 rings (SSSR count). The van der Waals surface area contributed by atoms with Crippen molar-refractivity contribution < 1.29 is 19.1 Å². The first kappa shape index (κ1) is 20.1. The molecule has 0 spiro atoms. The molecule has 0 saturated heterocycles. The average molecular weight is 397 g/mol. The molecule has 0 aliphatic heterocycles. The number of pyridine rings is 2. The third kappa shape index (κ3) is 7.80. The summed E-state index contributed by atoms with van der Waals surface area (Å²) < 4.78 is 10.3. The molecular formula is C18H18Cl2N2O4. The van der Waals surface area contributed by atoms with E-state index in [4.69, 9.17) is 32.7 Å². The second-order valence-electron chi connectivity index (χ2n) is 5.55. The summed E-state index contributed by atoms with van der Waals surface area (Å²) in [7, 11) is 0. The van der Waals surface area contributed by atoms with E-state index in [2.05, 4.69) is 9.97 Å². The van der Waals surface area contributed by atoms with Crippen LogP contribution in [0.4, 0.5) is 0 Å². The van der Waals surface area contributed by atoms with Gasteiger partial charge in [0.05, 0.1) is 10.0 Å². The third-order valence-electron chi connectivity index (χ3n) is 3.33. The molecule has 0 bridgehead atoms. The molecule has 0 fully saturated rings. The molecule has 138 valence electrons. The van der Waals surface area contributed by atoms with Crippen LogP contribution in [0.5, 0.6) is 0 Å². The Morgan fingerprint density at radius 2 is 1.19 bits per heavy atom. The summed E-state index contributed by atoms with van der Waals surface area (Å²) in [5.41, 5.74) is 1.45. The maximum atomic E-state index is 11.7. The summed E-state index contributed by atoms with van der Waals surface area (Å²) in [4.78, 5) is 31.2. The summed E-state index contributed by atoms with van der Waals surface area (Å²) >= 11 is 11.6. The highest BCUT2D eigenvalue weighted by molar-refractivity contribution is 6.30. The Bertz CT molecular complexity index is 692. The van der Waals surface area contributed by atoms with Crippen LogP contribution in [0.2, 0.25) is 10.0 Å². The fraction of sp³-hybridized carbons (Fsp3) is 0.333. The number of carbonyl (C=O) groups is 2. The van der Waals surface area contributed by atoms with Gasteiger partial charge >= 0.3 is 11.9 Å². The van der Waals surface area contributed by atoms with Gasteiger partial charge in [0.15, 0.2) is 0 Å². The quantitative estimate of drug-likeness (QED) is 0.468. The number of unbranched alkanes of at least 4 members (excludes halogenated alkanes) is 1. The summed E-state index contributed by atoms with van der Waals surface area (Å²) in [5, 5.41) is 0.983. The number of ether oxygens (including phenoxy) is 2. The van der Waals surface area contributed by atoms with Crippen molar-refractivity contribution >= 4 is 35.1 Å². The molecule has 0 aromatic carbocycles. The number of carbonyl (C=O) groups excluding carboxylic acids is 2. The second-order valence-corrected chi connectivity index (χ2v) is 6.42. The molecule has 0 amide bonds. The van der Waals surface area contributed by atoms with Gasteiger partial charge in [-0.1, -0.05) is 23.2 Å². The number of halogens is 2. The van der Waals surface area contributed by atoms with Crippen molar-refractivity contribution in [2.24, 2.45) is 0 Å². The Labute approximate surface area is 161 Å². The van der Waals surface area contributed by atoms with Gasteiger partial charge in [0.1, 0.15) is 13.2 Å². The predicted octanol–water partition coefficient (Wildman–Crippen LogP) is 4.13. The molecule has 2 aromatic rings. The Kier molecular flexibility index (Phi) is 8.31. The molecule has 0 atom stereocenters. The van der Waals surface area contributed by atoms with Gasteiger partial charge in [-0.05, 0) is 25.0 Å². The van der Waals surface area contributed by atoms with Gasteiger partial charge in [0, 0.05) is 48.8 Å². The molecule has 2 aromatic heterocycles. The summed E-state index contributed by atoms with van der Waals surface area (Å²) in [6.07, 6.45) is 7.75. The lowest BCUT2D eigenvalue weighted by molar-refractivity contribution is -0.147. The highest BCUT2D eigenvalue weighted by Crippen LogP contribution is 2.12. The van der Waals surface area contributed by atoms with Crippen molar-refractivity contribution in [2.45, 2.75) is 38.9 Å². The Balaban J connectivity index is 1.56. The van der Waals surface area contributed by atoms with E-state index in [0.29, 0.717) is 22.9 Å². The fourth-order valence-electron chi connectivity index (χ4n) is 2.08.